The number of likely N-dealkylation sites (N-methyl/N-ethyl adjacent to an activating group) is 1. The average Bonchev–Trinajstić information content (AvgIpc) is 2.62. The lowest BCUT2D eigenvalue weighted by Crippen LogP contribution is -2.44. The molecule has 2 aliphatic rings. The number of rotatable bonds is 1. The van der Waals surface area contributed by atoms with E-state index in [1.807, 2.05) is 6.07 Å². The Kier molecular flexibility index (Phi) is 6.61. The number of halogens is 3. The van der Waals surface area contributed by atoms with Gasteiger partial charge in [0.1, 0.15) is 0 Å². The third kappa shape index (κ3) is 4.42. The maximum absolute atomic E-state index is 6.85. The molecule has 142 valence electrons. The van der Waals surface area contributed by atoms with Crippen molar-refractivity contribution in [2.24, 2.45) is 0 Å². The Morgan fingerprint density at radius 2 is 1.62 bits per heavy atom. The van der Waals surface area contributed by atoms with E-state index in [1.54, 1.807) is 0 Å². The van der Waals surface area contributed by atoms with Crippen LogP contribution in [0.2, 0.25) is 10.0 Å². The maximum atomic E-state index is 6.85. The number of fused-ring (bicyclic) bond motifs is 1. The lowest BCUT2D eigenvalue weighted by atomic mass is 9.88. The second-order valence-electron chi connectivity index (χ2n) is 7.58. The summed E-state index contributed by atoms with van der Waals surface area (Å²) < 4.78 is 0. The number of allylic oxidation sites excluding steroid dienone is 3. The van der Waals surface area contributed by atoms with E-state index in [-0.39, 0.29) is 0 Å². The fourth-order valence-corrected chi connectivity index (χ4v) is 4.40. The van der Waals surface area contributed by atoms with E-state index in [1.165, 1.54) is 22.4 Å². The van der Waals surface area contributed by atoms with E-state index in [2.05, 4.69) is 42.8 Å². The lowest BCUT2D eigenvalue weighted by Gasteiger charge is -2.36. The zero-order chi connectivity index (χ0) is 18.8. The quantitative estimate of drug-likeness (QED) is 0.550. The van der Waals surface area contributed by atoms with Gasteiger partial charge in [0.2, 0.25) is 0 Å². The van der Waals surface area contributed by atoms with Crippen LogP contribution in [0, 0.1) is 0 Å². The fourth-order valence-electron chi connectivity index (χ4n) is 3.75. The van der Waals surface area contributed by atoms with E-state index in [4.69, 9.17) is 34.8 Å². The van der Waals surface area contributed by atoms with Crippen LogP contribution in [-0.2, 0) is 6.42 Å². The van der Waals surface area contributed by atoms with Gasteiger partial charge in [-0.05, 0) is 62.4 Å². The Morgan fingerprint density at radius 1 is 0.962 bits per heavy atom. The van der Waals surface area contributed by atoms with Crippen molar-refractivity contribution in [1.82, 2.24) is 9.80 Å². The summed E-state index contributed by atoms with van der Waals surface area (Å²) in [7, 11) is 2.18. The second kappa shape index (κ2) is 8.56. The molecule has 0 N–H and O–H groups in total. The molecule has 1 heterocycles. The molecule has 1 saturated heterocycles. The van der Waals surface area contributed by atoms with Crippen molar-refractivity contribution in [3.05, 3.63) is 55.7 Å². The van der Waals surface area contributed by atoms with Gasteiger partial charge in [0.05, 0.1) is 20.8 Å². The van der Waals surface area contributed by atoms with E-state index < -0.39 is 0 Å². The first-order chi connectivity index (χ1) is 12.4. The number of nitrogens with zero attached hydrogens (tertiary/aromatic N) is 2. The van der Waals surface area contributed by atoms with Crippen molar-refractivity contribution in [2.75, 3.05) is 33.2 Å². The van der Waals surface area contributed by atoms with Gasteiger partial charge in [-0.1, -0.05) is 53.4 Å². The van der Waals surface area contributed by atoms with Crippen LogP contribution >= 0.6 is 34.8 Å². The molecular formula is C21H27Cl3N2. The van der Waals surface area contributed by atoms with Crippen LogP contribution in [0.4, 0.5) is 0 Å². The number of hydrogen-bond donors (Lipinski definition) is 0. The normalized spacial score (nSPS) is 22.9. The fraction of sp³-hybridized carbons (Fsp3) is 0.524. The molecule has 0 spiro atoms. The van der Waals surface area contributed by atoms with E-state index in [0.717, 1.165) is 50.5 Å². The predicted octanol–water partition coefficient (Wildman–Crippen LogP) is 6.08. The molecule has 3 rings (SSSR count). The molecule has 0 saturated carbocycles. The molecule has 1 aromatic carbocycles. The molecule has 2 nitrogen and oxygen atoms in total. The molecule has 1 aliphatic carbocycles. The van der Waals surface area contributed by atoms with Gasteiger partial charge in [-0.25, -0.2) is 0 Å². The van der Waals surface area contributed by atoms with Gasteiger partial charge < -0.3 is 9.80 Å². The van der Waals surface area contributed by atoms with Gasteiger partial charge in [-0.2, -0.15) is 0 Å². The smallest absolute Gasteiger partial charge is 0.0625 e. The van der Waals surface area contributed by atoms with Gasteiger partial charge >= 0.3 is 0 Å². The summed E-state index contributed by atoms with van der Waals surface area (Å²) in [5.41, 5.74) is 5.03. The van der Waals surface area contributed by atoms with Crippen molar-refractivity contribution in [3.8, 4) is 0 Å². The number of benzene rings is 1. The molecule has 0 radical (unpaired) electrons. The minimum atomic E-state index is 0.380. The van der Waals surface area contributed by atoms with Gasteiger partial charge in [-0.15, -0.1) is 0 Å². The first-order valence-electron chi connectivity index (χ1n) is 9.34. The molecule has 0 bridgehead atoms. The van der Waals surface area contributed by atoms with Crippen molar-refractivity contribution >= 4 is 34.8 Å². The van der Waals surface area contributed by atoms with Gasteiger partial charge in [0, 0.05) is 26.2 Å². The summed E-state index contributed by atoms with van der Waals surface area (Å²) in [6, 6.07) is 4.08. The highest BCUT2D eigenvalue weighted by Crippen LogP contribution is 2.36. The van der Waals surface area contributed by atoms with Gasteiger partial charge in [-0.3, -0.25) is 0 Å². The largest absolute Gasteiger partial charge is 0.368 e. The summed E-state index contributed by atoms with van der Waals surface area (Å²) in [5, 5.41) is 2.20. The first kappa shape index (κ1) is 20.1. The standard InChI is InChI=1S/C21H27Cl3N2/c1-14-5-7-20(26-10-8-25(3)9-11-26)21(24)15(2)4-6-16-12-18(22)19(23)13-17(14)16/h7,12-14H,4-6,8-11H2,1-3H3. The Morgan fingerprint density at radius 3 is 2.31 bits per heavy atom. The van der Waals surface area contributed by atoms with Crippen molar-refractivity contribution in [2.45, 2.75) is 39.0 Å². The summed E-state index contributed by atoms with van der Waals surface area (Å²) in [6.07, 6.45) is 5.13. The Bertz CT molecular complexity index is 731. The van der Waals surface area contributed by atoms with E-state index in [0.29, 0.717) is 16.0 Å². The first-order valence-corrected chi connectivity index (χ1v) is 10.5. The third-order valence-electron chi connectivity index (χ3n) is 5.59. The summed E-state index contributed by atoms with van der Waals surface area (Å²) >= 11 is 19.4. The summed E-state index contributed by atoms with van der Waals surface area (Å²) in [5.74, 6) is 0.380. The molecule has 1 atom stereocenters. The van der Waals surface area contributed by atoms with Crippen LogP contribution in [0.25, 0.3) is 0 Å². The molecule has 1 aromatic rings. The summed E-state index contributed by atoms with van der Waals surface area (Å²) in [4.78, 5) is 4.81. The van der Waals surface area contributed by atoms with Crippen molar-refractivity contribution in [3.63, 3.8) is 0 Å². The molecule has 1 aliphatic heterocycles. The SMILES string of the molecule is CC1=C(Cl)C(N2CCN(C)CC2)=CCC(C)c2cc(Cl)c(Cl)cc2CC1. The molecular weight excluding hydrogens is 387 g/mol. The third-order valence-corrected chi connectivity index (χ3v) is 6.83. The lowest BCUT2D eigenvalue weighted by molar-refractivity contribution is 0.189. The molecule has 0 amide bonds. The van der Waals surface area contributed by atoms with Crippen LogP contribution in [0.1, 0.15) is 43.7 Å². The van der Waals surface area contributed by atoms with Gasteiger partial charge in [0.15, 0.2) is 0 Å². The minimum absolute atomic E-state index is 0.380. The predicted molar refractivity (Wildman–Crippen MR) is 114 cm³/mol. The van der Waals surface area contributed by atoms with Crippen LogP contribution < -0.4 is 0 Å². The molecule has 5 heteroatoms. The van der Waals surface area contributed by atoms with Crippen LogP contribution in [0.5, 0.6) is 0 Å². The van der Waals surface area contributed by atoms with E-state index in [9.17, 15) is 0 Å². The summed E-state index contributed by atoms with van der Waals surface area (Å²) in [6.45, 7) is 8.61. The van der Waals surface area contributed by atoms with Crippen molar-refractivity contribution < 1.29 is 0 Å². The van der Waals surface area contributed by atoms with Crippen LogP contribution in [0.15, 0.2) is 34.5 Å². The topological polar surface area (TPSA) is 6.48 Å². The second-order valence-corrected chi connectivity index (χ2v) is 8.77. The maximum Gasteiger partial charge on any atom is 0.0625 e. The highest BCUT2D eigenvalue weighted by Gasteiger charge is 2.22. The van der Waals surface area contributed by atoms with Crippen molar-refractivity contribution in [1.29, 1.82) is 0 Å². The average molecular weight is 414 g/mol. The highest BCUT2D eigenvalue weighted by atomic mass is 35.5. The Balaban J connectivity index is 1.95. The van der Waals surface area contributed by atoms with E-state index >= 15 is 0 Å². The van der Waals surface area contributed by atoms with Crippen LogP contribution in [0.3, 0.4) is 0 Å². The zero-order valence-corrected chi connectivity index (χ0v) is 18.1. The molecule has 0 aromatic heterocycles. The highest BCUT2D eigenvalue weighted by molar-refractivity contribution is 6.42. The van der Waals surface area contributed by atoms with Crippen LogP contribution in [-0.4, -0.2) is 43.0 Å². The van der Waals surface area contributed by atoms with Gasteiger partial charge in [0.25, 0.3) is 0 Å². The Hall–Kier alpha value is -0.670. The molecule has 1 unspecified atom stereocenters. The minimum Gasteiger partial charge on any atom is -0.368 e. The zero-order valence-electron chi connectivity index (χ0n) is 15.8. The molecule has 26 heavy (non-hydrogen) atoms. The monoisotopic (exact) mass is 412 g/mol. The molecule has 1 fully saturated rings. The Labute approximate surface area is 172 Å². The number of piperazine rings is 1. The number of hydrogen-bond acceptors (Lipinski definition) is 2. The number of aryl methyl sites for hydroxylation is 1.